The Bertz CT molecular complexity index is 764. The number of aromatic nitrogens is 2. The Labute approximate surface area is 147 Å². The van der Waals surface area contributed by atoms with Gasteiger partial charge in [-0.15, -0.1) is 0 Å². The molecule has 1 aromatic heterocycles. The molecule has 0 radical (unpaired) electrons. The van der Waals surface area contributed by atoms with Crippen LogP contribution in [0.1, 0.15) is 56.1 Å². The second kappa shape index (κ2) is 6.84. The number of hydrogen-bond donors (Lipinski definition) is 2. The highest BCUT2D eigenvalue weighted by Gasteiger charge is 2.23. The molecule has 2 aromatic rings. The van der Waals surface area contributed by atoms with Crippen molar-refractivity contribution in [1.29, 1.82) is 0 Å². The van der Waals surface area contributed by atoms with Crippen LogP contribution >= 0.6 is 0 Å². The third-order valence-electron chi connectivity index (χ3n) is 3.94. The van der Waals surface area contributed by atoms with Crippen molar-refractivity contribution in [2.75, 3.05) is 5.32 Å². The van der Waals surface area contributed by atoms with Crippen LogP contribution in [0.25, 0.3) is 0 Å². The summed E-state index contributed by atoms with van der Waals surface area (Å²) in [5.41, 5.74) is 2.72. The molecule has 0 saturated heterocycles. The second-order valence-electron chi connectivity index (χ2n) is 7.24. The molecule has 134 valence electrons. The van der Waals surface area contributed by atoms with Gasteiger partial charge in [-0.1, -0.05) is 11.2 Å². The highest BCUT2D eigenvalue weighted by atomic mass is 16.6. The fourth-order valence-electron chi connectivity index (χ4n) is 2.96. The summed E-state index contributed by atoms with van der Waals surface area (Å²) in [7, 11) is 0. The van der Waals surface area contributed by atoms with Crippen molar-refractivity contribution in [3.63, 3.8) is 0 Å². The molecule has 1 aliphatic carbocycles. The molecule has 0 fully saturated rings. The average Bonchev–Trinajstić information content (AvgIpc) is 3.09. The van der Waals surface area contributed by atoms with Crippen LogP contribution in [0.15, 0.2) is 22.7 Å². The van der Waals surface area contributed by atoms with Crippen LogP contribution in [0.2, 0.25) is 0 Å². The molecule has 3 rings (SSSR count). The number of carbonyl (C=O) groups excluding carboxylic acids is 1. The standard InChI is InChI=1S/C18H24N4O3/c1-11-20-16(22-25-11)10-19-15-8-5-12-9-13(6-7-14(12)15)21-17(23)24-18(2,3)4/h6-7,9,15,19H,5,8,10H2,1-4H3,(H,21,23). The summed E-state index contributed by atoms with van der Waals surface area (Å²) in [5, 5.41) is 10.1. The number of benzene rings is 1. The Morgan fingerprint density at radius 2 is 2.20 bits per heavy atom. The Morgan fingerprint density at radius 1 is 1.40 bits per heavy atom. The fourth-order valence-corrected chi connectivity index (χ4v) is 2.96. The normalized spacial score (nSPS) is 16.6. The van der Waals surface area contributed by atoms with E-state index in [0.717, 1.165) is 18.5 Å². The number of ether oxygens (including phenoxy) is 1. The molecule has 2 N–H and O–H groups in total. The summed E-state index contributed by atoms with van der Waals surface area (Å²) < 4.78 is 10.3. The molecule has 1 aliphatic rings. The molecule has 25 heavy (non-hydrogen) atoms. The maximum atomic E-state index is 11.9. The van der Waals surface area contributed by atoms with E-state index >= 15 is 0 Å². The van der Waals surface area contributed by atoms with Gasteiger partial charge in [0.2, 0.25) is 5.89 Å². The van der Waals surface area contributed by atoms with Gasteiger partial charge in [-0.05, 0) is 56.9 Å². The summed E-state index contributed by atoms with van der Waals surface area (Å²) in [6.45, 7) is 7.88. The van der Waals surface area contributed by atoms with Gasteiger partial charge in [0.15, 0.2) is 5.82 Å². The van der Waals surface area contributed by atoms with E-state index in [-0.39, 0.29) is 6.04 Å². The highest BCUT2D eigenvalue weighted by Crippen LogP contribution is 2.33. The second-order valence-corrected chi connectivity index (χ2v) is 7.24. The number of aryl methyl sites for hydroxylation is 2. The van der Waals surface area contributed by atoms with E-state index in [1.54, 1.807) is 6.92 Å². The Balaban J connectivity index is 1.61. The predicted octanol–water partition coefficient (Wildman–Crippen LogP) is 3.50. The summed E-state index contributed by atoms with van der Waals surface area (Å²) >= 11 is 0. The summed E-state index contributed by atoms with van der Waals surface area (Å²) in [6, 6.07) is 6.22. The van der Waals surface area contributed by atoms with Crippen molar-refractivity contribution < 1.29 is 14.1 Å². The smallest absolute Gasteiger partial charge is 0.412 e. The van der Waals surface area contributed by atoms with Crippen LogP contribution in [0, 0.1) is 6.92 Å². The van der Waals surface area contributed by atoms with Crippen LogP contribution in [0.4, 0.5) is 10.5 Å². The van der Waals surface area contributed by atoms with E-state index < -0.39 is 11.7 Å². The van der Waals surface area contributed by atoms with Crippen LogP contribution in [-0.2, 0) is 17.7 Å². The average molecular weight is 344 g/mol. The molecule has 1 heterocycles. The lowest BCUT2D eigenvalue weighted by Crippen LogP contribution is -2.27. The molecule has 1 amide bonds. The van der Waals surface area contributed by atoms with Gasteiger partial charge in [0.05, 0.1) is 6.54 Å². The molecule has 0 aliphatic heterocycles. The Kier molecular flexibility index (Phi) is 4.76. The number of hydrogen-bond acceptors (Lipinski definition) is 6. The molecule has 0 saturated carbocycles. The summed E-state index contributed by atoms with van der Waals surface area (Å²) in [6.07, 6.45) is 1.53. The maximum absolute atomic E-state index is 11.9. The van der Waals surface area contributed by atoms with Crippen molar-refractivity contribution in [1.82, 2.24) is 15.5 Å². The van der Waals surface area contributed by atoms with Crippen molar-refractivity contribution in [2.24, 2.45) is 0 Å². The van der Waals surface area contributed by atoms with Gasteiger partial charge in [-0.3, -0.25) is 5.32 Å². The zero-order valence-corrected chi connectivity index (χ0v) is 15.0. The molecule has 0 spiro atoms. The van der Waals surface area contributed by atoms with Gasteiger partial charge >= 0.3 is 6.09 Å². The number of anilines is 1. The predicted molar refractivity (Wildman–Crippen MR) is 93.2 cm³/mol. The topological polar surface area (TPSA) is 89.3 Å². The first-order valence-corrected chi connectivity index (χ1v) is 8.45. The molecule has 1 unspecified atom stereocenters. The molecule has 0 bridgehead atoms. The van der Waals surface area contributed by atoms with Crippen molar-refractivity contribution in [3.8, 4) is 0 Å². The summed E-state index contributed by atoms with van der Waals surface area (Å²) in [5.74, 6) is 1.23. The largest absolute Gasteiger partial charge is 0.444 e. The van der Waals surface area contributed by atoms with Gasteiger partial charge < -0.3 is 14.6 Å². The number of amides is 1. The minimum atomic E-state index is -0.511. The van der Waals surface area contributed by atoms with Gasteiger partial charge in [0, 0.05) is 18.7 Å². The lowest BCUT2D eigenvalue weighted by Gasteiger charge is -2.20. The maximum Gasteiger partial charge on any atom is 0.412 e. The van der Waals surface area contributed by atoms with Crippen LogP contribution in [0.3, 0.4) is 0 Å². The Morgan fingerprint density at radius 3 is 2.88 bits per heavy atom. The lowest BCUT2D eigenvalue weighted by molar-refractivity contribution is 0.0636. The molecule has 7 nitrogen and oxygen atoms in total. The van der Waals surface area contributed by atoms with Crippen LogP contribution in [-0.4, -0.2) is 21.8 Å². The first kappa shape index (κ1) is 17.4. The molecule has 1 atom stereocenters. The zero-order chi connectivity index (χ0) is 18.0. The van der Waals surface area contributed by atoms with E-state index in [1.807, 2.05) is 39.0 Å². The third-order valence-corrected chi connectivity index (χ3v) is 3.94. The molecular formula is C18H24N4O3. The van der Waals surface area contributed by atoms with Crippen LogP contribution < -0.4 is 10.6 Å². The highest BCUT2D eigenvalue weighted by molar-refractivity contribution is 5.85. The van der Waals surface area contributed by atoms with E-state index in [9.17, 15) is 4.79 Å². The summed E-state index contributed by atoms with van der Waals surface area (Å²) in [4.78, 5) is 16.1. The van der Waals surface area contributed by atoms with Gasteiger partial charge in [0.1, 0.15) is 5.60 Å². The number of nitrogens with zero attached hydrogens (tertiary/aromatic N) is 2. The number of nitrogens with one attached hydrogen (secondary N) is 2. The van der Waals surface area contributed by atoms with Crippen LogP contribution in [0.5, 0.6) is 0 Å². The van der Waals surface area contributed by atoms with E-state index in [4.69, 9.17) is 9.26 Å². The van der Waals surface area contributed by atoms with E-state index in [2.05, 4.69) is 20.8 Å². The Hall–Kier alpha value is -2.41. The minimum Gasteiger partial charge on any atom is -0.444 e. The monoisotopic (exact) mass is 344 g/mol. The van der Waals surface area contributed by atoms with Crippen molar-refractivity contribution in [2.45, 2.75) is 58.7 Å². The van der Waals surface area contributed by atoms with Crippen molar-refractivity contribution in [3.05, 3.63) is 41.0 Å². The number of rotatable bonds is 4. The van der Waals surface area contributed by atoms with Gasteiger partial charge in [0.25, 0.3) is 0 Å². The first-order valence-electron chi connectivity index (χ1n) is 8.45. The fraction of sp³-hybridized carbons (Fsp3) is 0.500. The third kappa shape index (κ3) is 4.57. The molecule has 7 heteroatoms. The van der Waals surface area contributed by atoms with Gasteiger partial charge in [-0.25, -0.2) is 4.79 Å². The number of fused-ring (bicyclic) bond motifs is 1. The SMILES string of the molecule is Cc1nc(CNC2CCc3cc(NC(=O)OC(C)(C)C)ccc32)no1. The van der Waals surface area contributed by atoms with Gasteiger partial charge in [-0.2, -0.15) is 4.98 Å². The zero-order valence-electron chi connectivity index (χ0n) is 15.0. The quantitative estimate of drug-likeness (QED) is 0.882. The lowest BCUT2D eigenvalue weighted by atomic mass is 10.1. The minimum absolute atomic E-state index is 0.254. The van der Waals surface area contributed by atoms with Crippen molar-refractivity contribution >= 4 is 11.8 Å². The molecular weight excluding hydrogens is 320 g/mol. The number of carbonyl (C=O) groups is 1. The van der Waals surface area contributed by atoms with E-state index in [1.165, 1.54) is 11.1 Å². The first-order chi connectivity index (χ1) is 11.8. The molecule has 1 aromatic carbocycles. The van der Waals surface area contributed by atoms with E-state index in [0.29, 0.717) is 18.3 Å².